The van der Waals surface area contributed by atoms with Crippen LogP contribution in [-0.2, 0) is 0 Å². The molecule has 102 valence electrons. The van der Waals surface area contributed by atoms with Crippen LogP contribution in [0.2, 0.25) is 0 Å². The fourth-order valence-electron chi connectivity index (χ4n) is 3.01. The van der Waals surface area contributed by atoms with Crippen molar-refractivity contribution >= 4 is 11.0 Å². The van der Waals surface area contributed by atoms with Gasteiger partial charge in [0.1, 0.15) is 11.3 Å². The summed E-state index contributed by atoms with van der Waals surface area (Å²) < 4.78 is 5.86. The van der Waals surface area contributed by atoms with E-state index in [1.165, 1.54) is 12.8 Å². The van der Waals surface area contributed by atoms with Crippen molar-refractivity contribution in [1.29, 1.82) is 0 Å². The number of fused-ring (bicyclic) bond motifs is 1. The Hall–Kier alpha value is -1.32. The smallest absolute Gasteiger partial charge is 0.134 e. The molecule has 1 atom stereocenters. The van der Waals surface area contributed by atoms with Crippen LogP contribution >= 0.6 is 0 Å². The van der Waals surface area contributed by atoms with Crippen molar-refractivity contribution in [1.82, 2.24) is 4.90 Å². The van der Waals surface area contributed by atoms with E-state index in [1.807, 2.05) is 18.2 Å². The van der Waals surface area contributed by atoms with E-state index in [0.717, 1.165) is 29.8 Å². The number of nitrogens with zero attached hydrogens (tertiary/aromatic N) is 1. The fourth-order valence-corrected chi connectivity index (χ4v) is 3.01. The van der Waals surface area contributed by atoms with Gasteiger partial charge in [-0.25, -0.2) is 0 Å². The van der Waals surface area contributed by atoms with Gasteiger partial charge in [-0.3, -0.25) is 4.90 Å². The molecular weight excluding hydrogens is 236 g/mol. The van der Waals surface area contributed by atoms with Gasteiger partial charge in [0.15, 0.2) is 0 Å². The van der Waals surface area contributed by atoms with E-state index in [0.29, 0.717) is 0 Å². The van der Waals surface area contributed by atoms with Crippen molar-refractivity contribution in [3.8, 4) is 0 Å². The molecule has 1 aromatic heterocycles. The highest BCUT2D eigenvalue weighted by atomic mass is 16.3. The molecule has 1 aromatic carbocycles. The predicted molar refractivity (Wildman–Crippen MR) is 78.0 cm³/mol. The van der Waals surface area contributed by atoms with E-state index in [4.69, 9.17) is 10.2 Å². The molecular formula is C16H22N2O. The zero-order chi connectivity index (χ0) is 13.5. The Morgan fingerprint density at radius 1 is 1.37 bits per heavy atom. The molecule has 0 aliphatic carbocycles. The first kappa shape index (κ1) is 12.7. The lowest BCUT2D eigenvalue weighted by Gasteiger charge is -2.33. The lowest BCUT2D eigenvalue weighted by atomic mass is 10.0. The summed E-state index contributed by atoms with van der Waals surface area (Å²) in [6.07, 6.45) is 2.51. The van der Waals surface area contributed by atoms with E-state index in [1.54, 1.807) is 0 Å². The zero-order valence-corrected chi connectivity index (χ0v) is 11.7. The van der Waals surface area contributed by atoms with Crippen LogP contribution in [0.5, 0.6) is 0 Å². The number of hydrogen-bond donors (Lipinski definition) is 1. The second kappa shape index (κ2) is 4.66. The monoisotopic (exact) mass is 258 g/mol. The minimum atomic E-state index is -0.0511. The first-order chi connectivity index (χ1) is 9.06. The molecule has 3 heteroatoms. The highest BCUT2D eigenvalue weighted by molar-refractivity contribution is 5.77. The number of hydrogen-bond acceptors (Lipinski definition) is 3. The number of nitrogens with two attached hydrogens (primary N) is 1. The third-order valence-corrected chi connectivity index (χ3v) is 4.30. The van der Waals surface area contributed by atoms with Crippen LogP contribution in [0.1, 0.15) is 38.5 Å². The Morgan fingerprint density at radius 2 is 2.16 bits per heavy atom. The molecule has 1 aliphatic rings. The van der Waals surface area contributed by atoms with Gasteiger partial charge in [-0.15, -0.1) is 0 Å². The highest BCUT2D eigenvalue weighted by Crippen LogP contribution is 2.30. The Kier molecular flexibility index (Phi) is 3.11. The Bertz CT molecular complexity index is 540. The molecule has 1 aliphatic heterocycles. The van der Waals surface area contributed by atoms with Gasteiger partial charge in [-0.05, 0) is 45.4 Å². The second-order valence-corrected chi connectivity index (χ2v) is 6.16. The van der Waals surface area contributed by atoms with Gasteiger partial charge in [-0.2, -0.15) is 0 Å². The van der Waals surface area contributed by atoms with Crippen molar-refractivity contribution in [2.45, 2.75) is 38.3 Å². The third kappa shape index (κ3) is 2.40. The first-order valence-electron chi connectivity index (χ1n) is 7.05. The molecule has 3 rings (SSSR count). The number of para-hydroxylation sites is 1. The van der Waals surface area contributed by atoms with Crippen LogP contribution in [0.3, 0.4) is 0 Å². The van der Waals surface area contributed by atoms with E-state index in [-0.39, 0.29) is 11.6 Å². The van der Waals surface area contributed by atoms with Crippen LogP contribution in [0.4, 0.5) is 0 Å². The van der Waals surface area contributed by atoms with Crippen LogP contribution in [0.15, 0.2) is 34.7 Å². The van der Waals surface area contributed by atoms with E-state index >= 15 is 0 Å². The lowest BCUT2D eigenvalue weighted by Crippen LogP contribution is -2.42. The SMILES string of the molecule is CC1(C)CCCN1CC(N)c1cc2ccccc2o1. The molecule has 0 bridgehead atoms. The molecule has 1 saturated heterocycles. The largest absolute Gasteiger partial charge is 0.459 e. The van der Waals surface area contributed by atoms with E-state index < -0.39 is 0 Å². The summed E-state index contributed by atoms with van der Waals surface area (Å²) in [5.41, 5.74) is 7.52. The maximum atomic E-state index is 6.32. The molecule has 0 radical (unpaired) electrons. The van der Waals surface area contributed by atoms with Crippen molar-refractivity contribution in [2.75, 3.05) is 13.1 Å². The zero-order valence-electron chi connectivity index (χ0n) is 11.7. The molecule has 2 aromatic rings. The summed E-state index contributed by atoms with van der Waals surface area (Å²) in [5, 5.41) is 1.13. The number of furan rings is 1. The average Bonchev–Trinajstić information content (AvgIpc) is 2.93. The molecule has 0 spiro atoms. The Balaban J connectivity index is 1.78. The molecule has 19 heavy (non-hydrogen) atoms. The van der Waals surface area contributed by atoms with Gasteiger partial charge < -0.3 is 10.2 Å². The normalized spacial score (nSPS) is 21.0. The summed E-state index contributed by atoms with van der Waals surface area (Å²) in [7, 11) is 0. The summed E-state index contributed by atoms with van der Waals surface area (Å²) >= 11 is 0. The maximum absolute atomic E-state index is 6.32. The minimum absolute atomic E-state index is 0.0511. The highest BCUT2D eigenvalue weighted by Gasteiger charge is 2.33. The summed E-state index contributed by atoms with van der Waals surface area (Å²) in [6, 6.07) is 10.1. The standard InChI is InChI=1S/C16H22N2O/c1-16(2)8-5-9-18(16)11-13(17)15-10-12-6-3-4-7-14(12)19-15/h3-4,6-7,10,13H,5,8-9,11,17H2,1-2H3. The van der Waals surface area contributed by atoms with Crippen molar-refractivity contribution < 1.29 is 4.42 Å². The van der Waals surface area contributed by atoms with Crippen LogP contribution in [-0.4, -0.2) is 23.5 Å². The Morgan fingerprint density at radius 3 is 2.84 bits per heavy atom. The van der Waals surface area contributed by atoms with Crippen molar-refractivity contribution in [3.05, 3.63) is 36.1 Å². The lowest BCUT2D eigenvalue weighted by molar-refractivity contribution is 0.160. The van der Waals surface area contributed by atoms with E-state index in [2.05, 4.69) is 30.9 Å². The third-order valence-electron chi connectivity index (χ3n) is 4.30. The first-order valence-corrected chi connectivity index (χ1v) is 7.05. The average molecular weight is 258 g/mol. The van der Waals surface area contributed by atoms with E-state index in [9.17, 15) is 0 Å². The topological polar surface area (TPSA) is 42.4 Å². The number of likely N-dealkylation sites (tertiary alicyclic amines) is 1. The van der Waals surface area contributed by atoms with Crippen LogP contribution < -0.4 is 5.73 Å². The molecule has 2 N–H and O–H groups in total. The Labute approximate surface area is 114 Å². The fraction of sp³-hybridized carbons (Fsp3) is 0.500. The maximum Gasteiger partial charge on any atom is 0.134 e. The minimum Gasteiger partial charge on any atom is -0.459 e. The molecule has 3 nitrogen and oxygen atoms in total. The second-order valence-electron chi connectivity index (χ2n) is 6.16. The predicted octanol–water partition coefficient (Wildman–Crippen LogP) is 3.31. The molecule has 1 unspecified atom stereocenters. The molecule has 2 heterocycles. The van der Waals surface area contributed by atoms with Gasteiger partial charge in [0, 0.05) is 17.5 Å². The van der Waals surface area contributed by atoms with Crippen LogP contribution in [0, 0.1) is 0 Å². The van der Waals surface area contributed by atoms with Crippen LogP contribution in [0.25, 0.3) is 11.0 Å². The quantitative estimate of drug-likeness (QED) is 0.918. The summed E-state index contributed by atoms with van der Waals surface area (Å²) in [4.78, 5) is 2.48. The molecule has 1 fully saturated rings. The number of benzene rings is 1. The van der Waals surface area contributed by atoms with Crippen molar-refractivity contribution in [2.24, 2.45) is 5.73 Å². The van der Waals surface area contributed by atoms with Gasteiger partial charge in [-0.1, -0.05) is 18.2 Å². The van der Waals surface area contributed by atoms with Gasteiger partial charge in [0.25, 0.3) is 0 Å². The summed E-state index contributed by atoms with van der Waals surface area (Å²) in [5.74, 6) is 0.893. The van der Waals surface area contributed by atoms with Crippen molar-refractivity contribution in [3.63, 3.8) is 0 Å². The van der Waals surface area contributed by atoms with Gasteiger partial charge in [0.2, 0.25) is 0 Å². The number of rotatable bonds is 3. The van der Waals surface area contributed by atoms with Gasteiger partial charge in [0.05, 0.1) is 6.04 Å². The summed E-state index contributed by atoms with van der Waals surface area (Å²) in [6.45, 7) is 6.60. The molecule has 0 amide bonds. The van der Waals surface area contributed by atoms with Gasteiger partial charge >= 0.3 is 0 Å². The molecule has 0 saturated carbocycles.